The number of pyridine rings is 1. The van der Waals surface area contributed by atoms with Crippen LogP contribution in [0.2, 0.25) is 0 Å². The predicted octanol–water partition coefficient (Wildman–Crippen LogP) is 4.39. The van der Waals surface area contributed by atoms with E-state index in [1.807, 2.05) is 48.5 Å². The number of aryl methyl sites for hydroxylation is 1. The summed E-state index contributed by atoms with van der Waals surface area (Å²) in [5.74, 6) is -0.0399. The maximum atomic E-state index is 12.9. The second-order valence-electron chi connectivity index (χ2n) is 5.71. The Hall–Kier alpha value is -2.68. The average Bonchev–Trinajstić information content (AvgIpc) is 2.60. The van der Waals surface area contributed by atoms with Crippen LogP contribution in [0.25, 0.3) is 10.9 Å². The van der Waals surface area contributed by atoms with E-state index >= 15 is 0 Å². The zero-order valence-corrected chi connectivity index (χ0v) is 13.3. The van der Waals surface area contributed by atoms with Gasteiger partial charge in [0.05, 0.1) is 11.2 Å². The van der Waals surface area contributed by atoms with Crippen molar-refractivity contribution < 1.29 is 4.79 Å². The van der Waals surface area contributed by atoms with Crippen LogP contribution in [0.3, 0.4) is 0 Å². The van der Waals surface area contributed by atoms with Crippen LogP contribution in [0.5, 0.6) is 0 Å². The van der Waals surface area contributed by atoms with Crippen molar-refractivity contribution in [2.24, 2.45) is 0 Å². The molecule has 3 rings (SSSR count). The number of nitrogens with zero attached hydrogens (tertiary/aromatic N) is 1. The fourth-order valence-electron chi connectivity index (χ4n) is 2.75. The van der Waals surface area contributed by atoms with Gasteiger partial charge in [-0.15, -0.1) is 0 Å². The average molecular weight is 304 g/mol. The predicted molar refractivity (Wildman–Crippen MR) is 94.6 cm³/mol. The SMILES string of the molecule is CCCCc1cc2cccc(N)c2nc1C(=O)c1ccccc1. The molecule has 3 nitrogen and oxygen atoms in total. The van der Waals surface area contributed by atoms with Crippen molar-refractivity contribution in [1.82, 2.24) is 4.98 Å². The standard InChI is InChI=1S/C20H20N2O/c1-2-3-8-16-13-15-11-7-12-17(21)18(15)22-19(16)20(23)14-9-5-4-6-10-14/h4-7,9-13H,2-3,8,21H2,1H3. The van der Waals surface area contributed by atoms with E-state index in [9.17, 15) is 4.79 Å². The molecule has 3 aromatic rings. The summed E-state index contributed by atoms with van der Waals surface area (Å²) in [5, 5.41) is 0.987. The molecule has 0 amide bonds. The maximum Gasteiger partial charge on any atom is 0.211 e. The number of unbranched alkanes of at least 4 members (excludes halogenated alkanes) is 1. The Morgan fingerprint density at radius 1 is 1.09 bits per heavy atom. The second-order valence-corrected chi connectivity index (χ2v) is 5.71. The van der Waals surface area contributed by atoms with E-state index < -0.39 is 0 Å². The number of nitrogens with two attached hydrogens (primary N) is 1. The molecule has 0 unspecified atom stereocenters. The lowest BCUT2D eigenvalue weighted by atomic mass is 9.98. The summed E-state index contributed by atoms with van der Waals surface area (Å²) in [6, 6.07) is 17.1. The monoisotopic (exact) mass is 304 g/mol. The molecule has 0 atom stereocenters. The fourth-order valence-corrected chi connectivity index (χ4v) is 2.75. The number of rotatable bonds is 5. The van der Waals surface area contributed by atoms with Crippen molar-refractivity contribution in [2.75, 3.05) is 5.73 Å². The Balaban J connectivity index is 2.16. The first kappa shape index (κ1) is 15.2. The van der Waals surface area contributed by atoms with E-state index in [0.29, 0.717) is 22.5 Å². The van der Waals surface area contributed by atoms with Crippen LogP contribution in [0.1, 0.15) is 41.4 Å². The van der Waals surface area contributed by atoms with Crippen LogP contribution >= 0.6 is 0 Å². The van der Waals surface area contributed by atoms with Gasteiger partial charge >= 0.3 is 0 Å². The summed E-state index contributed by atoms with van der Waals surface area (Å²) in [4.78, 5) is 17.5. The Kier molecular flexibility index (Phi) is 4.38. The van der Waals surface area contributed by atoms with Crippen LogP contribution in [0.15, 0.2) is 54.6 Å². The summed E-state index contributed by atoms with van der Waals surface area (Å²) in [7, 11) is 0. The highest BCUT2D eigenvalue weighted by molar-refractivity contribution is 6.10. The van der Waals surface area contributed by atoms with Crippen molar-refractivity contribution in [2.45, 2.75) is 26.2 Å². The number of ketones is 1. The number of fused-ring (bicyclic) bond motifs is 1. The number of carbonyl (C=O) groups excluding carboxylic acids is 1. The molecule has 0 aliphatic heterocycles. The summed E-state index contributed by atoms with van der Waals surface area (Å²) in [6.45, 7) is 2.14. The van der Waals surface area contributed by atoms with Gasteiger partial charge in [-0.05, 0) is 30.5 Å². The number of benzene rings is 2. The second kappa shape index (κ2) is 6.61. The summed E-state index contributed by atoms with van der Waals surface area (Å²) >= 11 is 0. The van der Waals surface area contributed by atoms with Gasteiger partial charge in [0.1, 0.15) is 5.69 Å². The minimum Gasteiger partial charge on any atom is -0.397 e. The lowest BCUT2D eigenvalue weighted by molar-refractivity contribution is 0.103. The molecule has 1 aromatic heterocycles. The third-order valence-corrected chi connectivity index (χ3v) is 4.01. The lowest BCUT2D eigenvalue weighted by Crippen LogP contribution is -2.09. The molecular formula is C20H20N2O. The molecule has 23 heavy (non-hydrogen) atoms. The van der Waals surface area contributed by atoms with E-state index in [-0.39, 0.29) is 5.78 Å². The summed E-state index contributed by atoms with van der Waals surface area (Å²) in [6.07, 6.45) is 2.96. The maximum absolute atomic E-state index is 12.9. The molecule has 0 saturated carbocycles. The molecule has 2 aromatic carbocycles. The van der Waals surface area contributed by atoms with E-state index in [0.717, 1.165) is 30.2 Å². The molecule has 0 aliphatic rings. The number of para-hydroxylation sites is 1. The highest BCUT2D eigenvalue weighted by Crippen LogP contribution is 2.24. The molecule has 0 aliphatic carbocycles. The van der Waals surface area contributed by atoms with Gasteiger partial charge in [0, 0.05) is 10.9 Å². The topological polar surface area (TPSA) is 56.0 Å². The normalized spacial score (nSPS) is 10.8. The molecule has 0 spiro atoms. The number of anilines is 1. The molecule has 0 bridgehead atoms. The summed E-state index contributed by atoms with van der Waals surface area (Å²) in [5.41, 5.74) is 9.53. The van der Waals surface area contributed by atoms with Crippen LogP contribution in [0, 0.1) is 0 Å². The molecule has 0 fully saturated rings. The first-order valence-corrected chi connectivity index (χ1v) is 7.98. The van der Waals surface area contributed by atoms with Gasteiger partial charge in [-0.1, -0.05) is 55.8 Å². The number of aromatic nitrogens is 1. The van der Waals surface area contributed by atoms with Gasteiger partial charge in [0.2, 0.25) is 5.78 Å². The molecule has 1 heterocycles. The van der Waals surface area contributed by atoms with E-state index in [4.69, 9.17) is 5.73 Å². The van der Waals surface area contributed by atoms with Gasteiger partial charge in [-0.2, -0.15) is 0 Å². The first-order valence-electron chi connectivity index (χ1n) is 7.98. The molecule has 3 heteroatoms. The van der Waals surface area contributed by atoms with Crippen LogP contribution in [-0.2, 0) is 6.42 Å². The largest absolute Gasteiger partial charge is 0.397 e. The summed E-state index contributed by atoms with van der Waals surface area (Å²) < 4.78 is 0. The minimum absolute atomic E-state index is 0.0399. The van der Waals surface area contributed by atoms with Gasteiger partial charge in [0.15, 0.2) is 0 Å². The fraction of sp³-hybridized carbons (Fsp3) is 0.200. The van der Waals surface area contributed by atoms with Crippen molar-refractivity contribution in [3.05, 3.63) is 71.4 Å². The van der Waals surface area contributed by atoms with Crippen LogP contribution < -0.4 is 5.73 Å². The third-order valence-electron chi connectivity index (χ3n) is 4.01. The lowest BCUT2D eigenvalue weighted by Gasteiger charge is -2.11. The van der Waals surface area contributed by atoms with Crippen molar-refractivity contribution in [3.63, 3.8) is 0 Å². The Bertz CT molecular complexity index is 841. The number of hydrogen-bond acceptors (Lipinski definition) is 3. The van der Waals surface area contributed by atoms with Gasteiger partial charge in [-0.3, -0.25) is 4.79 Å². The highest BCUT2D eigenvalue weighted by Gasteiger charge is 2.17. The van der Waals surface area contributed by atoms with Crippen molar-refractivity contribution in [3.8, 4) is 0 Å². The van der Waals surface area contributed by atoms with E-state index in [1.165, 1.54) is 0 Å². The Morgan fingerprint density at radius 3 is 2.61 bits per heavy atom. The number of carbonyl (C=O) groups is 1. The number of nitrogen functional groups attached to an aromatic ring is 1. The zero-order valence-electron chi connectivity index (χ0n) is 13.3. The molecule has 0 radical (unpaired) electrons. The Labute approximate surface area is 136 Å². The Morgan fingerprint density at radius 2 is 1.87 bits per heavy atom. The minimum atomic E-state index is -0.0399. The van der Waals surface area contributed by atoms with Gasteiger partial charge < -0.3 is 5.73 Å². The van der Waals surface area contributed by atoms with Crippen LogP contribution in [0.4, 0.5) is 5.69 Å². The van der Waals surface area contributed by atoms with Gasteiger partial charge in [0.25, 0.3) is 0 Å². The zero-order chi connectivity index (χ0) is 16.2. The van der Waals surface area contributed by atoms with E-state index in [2.05, 4.69) is 18.0 Å². The quantitative estimate of drug-likeness (QED) is 0.562. The molecule has 2 N–H and O–H groups in total. The van der Waals surface area contributed by atoms with Crippen molar-refractivity contribution in [1.29, 1.82) is 0 Å². The van der Waals surface area contributed by atoms with E-state index in [1.54, 1.807) is 0 Å². The van der Waals surface area contributed by atoms with Crippen LogP contribution in [-0.4, -0.2) is 10.8 Å². The third kappa shape index (κ3) is 3.09. The number of hydrogen-bond donors (Lipinski definition) is 1. The molecule has 116 valence electrons. The molecule has 0 saturated heterocycles. The molecular weight excluding hydrogens is 284 g/mol. The first-order chi connectivity index (χ1) is 11.2. The van der Waals surface area contributed by atoms with Gasteiger partial charge in [-0.25, -0.2) is 4.98 Å². The van der Waals surface area contributed by atoms with Crippen molar-refractivity contribution >= 4 is 22.4 Å². The smallest absolute Gasteiger partial charge is 0.211 e. The highest BCUT2D eigenvalue weighted by atomic mass is 16.1.